The van der Waals surface area contributed by atoms with Gasteiger partial charge < -0.3 is 18.9 Å². The number of anilines is 1. The number of hydrogen-bond acceptors (Lipinski definition) is 11. The zero-order valence-corrected chi connectivity index (χ0v) is 22.8. The molecular weight excluding hydrogens is 532 g/mol. The summed E-state index contributed by atoms with van der Waals surface area (Å²) in [4.78, 5) is 32.1. The lowest BCUT2D eigenvalue weighted by atomic mass is 10.1. The SMILES string of the molecule is COc1cnc2c(-c3nc4c(C)cc5c(c4s3)OC[C@@H](OC(=O)N(C)c3ccc(C#N)nc3)O5)cc(C)cc2n1. The molecule has 40 heavy (non-hydrogen) atoms. The van der Waals surface area contributed by atoms with Gasteiger partial charge in [0, 0.05) is 12.6 Å². The molecule has 0 N–H and O–H groups in total. The second-order valence-electron chi connectivity index (χ2n) is 9.12. The van der Waals surface area contributed by atoms with Crippen LogP contribution in [0, 0.1) is 25.2 Å². The Labute approximate surface area is 232 Å². The van der Waals surface area contributed by atoms with Crippen molar-refractivity contribution in [3.8, 4) is 34.0 Å². The molecular formula is C28H22N6O5S. The molecule has 2 aromatic carbocycles. The first-order valence-electron chi connectivity index (χ1n) is 12.2. The summed E-state index contributed by atoms with van der Waals surface area (Å²) in [5.41, 5.74) is 5.74. The standard InChI is InChI=1S/C28H22N6O5S/c1-14-7-18(24-19(8-14)32-21(36-4)12-31-24)27-33-23-15(2)9-20-25(26(23)40-27)37-13-22(38-20)39-28(35)34(3)17-6-5-16(10-29)30-11-17/h5-9,11-12,22H,13H2,1-4H3/t22-/m1/s1. The van der Waals surface area contributed by atoms with Crippen LogP contribution in [0.4, 0.5) is 10.5 Å². The molecule has 0 unspecified atom stereocenters. The second kappa shape index (κ2) is 9.94. The minimum atomic E-state index is -0.955. The van der Waals surface area contributed by atoms with Crippen molar-refractivity contribution in [1.82, 2.24) is 19.9 Å². The molecule has 0 saturated carbocycles. The number of aryl methyl sites for hydroxylation is 2. The van der Waals surface area contributed by atoms with E-state index >= 15 is 0 Å². The van der Waals surface area contributed by atoms with Crippen LogP contribution in [-0.4, -0.2) is 53.1 Å². The third kappa shape index (κ3) is 4.46. The molecule has 3 aromatic heterocycles. The number of ether oxygens (including phenoxy) is 4. The van der Waals surface area contributed by atoms with Crippen LogP contribution in [0.15, 0.2) is 42.7 Å². The number of benzene rings is 2. The van der Waals surface area contributed by atoms with E-state index in [9.17, 15) is 4.79 Å². The summed E-state index contributed by atoms with van der Waals surface area (Å²) in [5, 5.41) is 9.70. The molecule has 4 heterocycles. The molecule has 200 valence electrons. The summed E-state index contributed by atoms with van der Waals surface area (Å²) in [6, 6.07) is 10.9. The zero-order chi connectivity index (χ0) is 28.0. The Bertz CT molecular complexity index is 1830. The predicted octanol–water partition coefficient (Wildman–Crippen LogP) is 5.17. The van der Waals surface area contributed by atoms with Gasteiger partial charge in [0.2, 0.25) is 5.88 Å². The number of methoxy groups -OCH3 is 1. The minimum absolute atomic E-state index is 0.00222. The highest BCUT2D eigenvalue weighted by atomic mass is 32.1. The van der Waals surface area contributed by atoms with Crippen LogP contribution >= 0.6 is 11.3 Å². The van der Waals surface area contributed by atoms with Crippen LogP contribution < -0.4 is 19.1 Å². The quantitative estimate of drug-likeness (QED) is 0.293. The molecule has 0 bridgehead atoms. The van der Waals surface area contributed by atoms with Gasteiger partial charge in [0.15, 0.2) is 18.1 Å². The van der Waals surface area contributed by atoms with E-state index < -0.39 is 12.4 Å². The Morgan fingerprint density at radius 2 is 2.00 bits per heavy atom. The van der Waals surface area contributed by atoms with Crippen molar-refractivity contribution < 1.29 is 23.7 Å². The molecule has 0 saturated heterocycles. The fourth-order valence-electron chi connectivity index (χ4n) is 4.37. The first kappa shape index (κ1) is 25.3. The van der Waals surface area contributed by atoms with Gasteiger partial charge in [-0.15, -0.1) is 11.3 Å². The predicted molar refractivity (Wildman–Crippen MR) is 148 cm³/mol. The molecule has 0 spiro atoms. The topological polar surface area (TPSA) is 133 Å². The van der Waals surface area contributed by atoms with E-state index in [1.807, 2.05) is 38.1 Å². The Balaban J connectivity index is 1.28. The molecule has 11 nitrogen and oxygen atoms in total. The van der Waals surface area contributed by atoms with E-state index in [-0.39, 0.29) is 12.3 Å². The Hall–Kier alpha value is -5.02. The van der Waals surface area contributed by atoms with E-state index in [1.165, 1.54) is 28.5 Å². The Morgan fingerprint density at radius 1 is 1.15 bits per heavy atom. The van der Waals surface area contributed by atoms with Crippen molar-refractivity contribution in [2.45, 2.75) is 20.1 Å². The zero-order valence-electron chi connectivity index (χ0n) is 22.0. The summed E-state index contributed by atoms with van der Waals surface area (Å²) in [5.74, 6) is 1.45. The maximum absolute atomic E-state index is 12.7. The number of thiazole rings is 1. The smallest absolute Gasteiger partial charge is 0.417 e. The molecule has 0 aliphatic carbocycles. The summed E-state index contributed by atoms with van der Waals surface area (Å²) >= 11 is 1.47. The van der Waals surface area contributed by atoms with Crippen molar-refractivity contribution >= 4 is 44.4 Å². The number of amides is 1. The van der Waals surface area contributed by atoms with Crippen LogP contribution in [0.1, 0.15) is 16.8 Å². The number of fused-ring (bicyclic) bond motifs is 4. The molecule has 12 heteroatoms. The molecule has 0 radical (unpaired) electrons. The molecule has 0 fully saturated rings. The Morgan fingerprint density at radius 3 is 2.75 bits per heavy atom. The number of carbonyl (C=O) groups excluding carboxylic acids is 1. The molecule has 5 aromatic rings. The van der Waals surface area contributed by atoms with Crippen molar-refractivity contribution in [2.24, 2.45) is 0 Å². The van der Waals surface area contributed by atoms with E-state index in [4.69, 9.17) is 29.2 Å². The van der Waals surface area contributed by atoms with Gasteiger partial charge in [0.05, 0.1) is 41.7 Å². The maximum atomic E-state index is 12.7. The van der Waals surface area contributed by atoms with Gasteiger partial charge in [-0.25, -0.2) is 24.7 Å². The van der Waals surface area contributed by atoms with Gasteiger partial charge >= 0.3 is 6.09 Å². The highest BCUT2D eigenvalue weighted by Gasteiger charge is 2.30. The third-order valence-corrected chi connectivity index (χ3v) is 7.45. The highest BCUT2D eigenvalue weighted by molar-refractivity contribution is 7.22. The minimum Gasteiger partial charge on any atom is -0.480 e. The lowest BCUT2D eigenvalue weighted by Crippen LogP contribution is -2.38. The van der Waals surface area contributed by atoms with Gasteiger partial charge in [0.1, 0.15) is 21.5 Å². The normalized spacial score (nSPS) is 14.1. The summed E-state index contributed by atoms with van der Waals surface area (Å²) in [6.07, 6.45) is 1.42. The molecule has 1 aliphatic rings. The second-order valence-corrected chi connectivity index (χ2v) is 10.1. The van der Waals surface area contributed by atoms with Crippen molar-refractivity contribution in [2.75, 3.05) is 25.7 Å². The summed E-state index contributed by atoms with van der Waals surface area (Å²) < 4.78 is 23.7. The van der Waals surface area contributed by atoms with Crippen LogP contribution in [-0.2, 0) is 4.74 Å². The maximum Gasteiger partial charge on any atom is 0.417 e. The average Bonchev–Trinajstić information content (AvgIpc) is 3.42. The van der Waals surface area contributed by atoms with Gasteiger partial charge in [-0.1, -0.05) is 0 Å². The number of pyridine rings is 1. The number of rotatable bonds is 4. The van der Waals surface area contributed by atoms with E-state index in [0.717, 1.165) is 42.9 Å². The largest absolute Gasteiger partial charge is 0.480 e. The van der Waals surface area contributed by atoms with Crippen LogP contribution in [0.25, 0.3) is 31.8 Å². The number of aromatic nitrogens is 4. The van der Waals surface area contributed by atoms with Crippen molar-refractivity contribution in [3.63, 3.8) is 0 Å². The average molecular weight is 555 g/mol. The van der Waals surface area contributed by atoms with E-state index in [0.29, 0.717) is 23.1 Å². The Kier molecular flexibility index (Phi) is 6.28. The third-order valence-electron chi connectivity index (χ3n) is 6.36. The van der Waals surface area contributed by atoms with E-state index in [1.54, 1.807) is 26.4 Å². The van der Waals surface area contributed by atoms with Crippen LogP contribution in [0.5, 0.6) is 17.4 Å². The van der Waals surface area contributed by atoms with Gasteiger partial charge in [-0.3, -0.25) is 4.90 Å². The lowest BCUT2D eigenvalue weighted by molar-refractivity contribution is -0.0718. The fourth-order valence-corrected chi connectivity index (χ4v) is 5.52. The van der Waals surface area contributed by atoms with Gasteiger partial charge in [-0.05, 0) is 55.3 Å². The fraction of sp³-hybridized carbons (Fsp3) is 0.214. The summed E-state index contributed by atoms with van der Waals surface area (Å²) in [7, 11) is 3.11. The highest BCUT2D eigenvalue weighted by Crippen LogP contribution is 2.46. The van der Waals surface area contributed by atoms with Crippen LogP contribution in [0.3, 0.4) is 0 Å². The van der Waals surface area contributed by atoms with Crippen LogP contribution in [0.2, 0.25) is 0 Å². The van der Waals surface area contributed by atoms with Gasteiger partial charge in [0.25, 0.3) is 6.29 Å². The number of nitrogens with zero attached hydrogens (tertiary/aromatic N) is 6. The number of nitriles is 1. The monoisotopic (exact) mass is 554 g/mol. The van der Waals surface area contributed by atoms with Gasteiger partial charge in [-0.2, -0.15) is 5.26 Å². The molecule has 1 atom stereocenters. The summed E-state index contributed by atoms with van der Waals surface area (Å²) in [6.45, 7) is 3.94. The molecule has 6 rings (SSSR count). The van der Waals surface area contributed by atoms with Crippen molar-refractivity contribution in [3.05, 3.63) is 59.5 Å². The number of carbonyl (C=O) groups is 1. The first-order chi connectivity index (χ1) is 19.3. The first-order valence-corrected chi connectivity index (χ1v) is 13.0. The molecule has 1 aliphatic heterocycles. The van der Waals surface area contributed by atoms with E-state index in [2.05, 4.69) is 15.0 Å². The lowest BCUT2D eigenvalue weighted by Gasteiger charge is -2.28. The molecule has 1 amide bonds. The van der Waals surface area contributed by atoms with Crippen molar-refractivity contribution in [1.29, 1.82) is 5.26 Å². The number of hydrogen-bond donors (Lipinski definition) is 0.